The minimum Gasteiger partial charge on any atom is -0.104 e. The summed E-state index contributed by atoms with van der Waals surface area (Å²) in [6, 6.07) is 0. The van der Waals surface area contributed by atoms with E-state index in [1.807, 2.05) is 11.8 Å². The summed E-state index contributed by atoms with van der Waals surface area (Å²) in [6.07, 6.45) is 0. The van der Waals surface area contributed by atoms with Gasteiger partial charge in [-0.15, -0.1) is 11.8 Å². The van der Waals surface area contributed by atoms with Crippen LogP contribution in [0.3, 0.4) is 0 Å². The average Bonchev–Trinajstić information content (AvgIpc) is 1.87. The lowest BCUT2D eigenvalue weighted by Gasteiger charge is -1.92. The van der Waals surface area contributed by atoms with Gasteiger partial charge in [-0.05, 0) is 0 Å². The van der Waals surface area contributed by atoms with E-state index in [1.165, 1.54) is 6.73 Å². The van der Waals surface area contributed by atoms with Crippen molar-refractivity contribution in [3.63, 3.8) is 0 Å². The lowest BCUT2D eigenvalue weighted by atomic mass is 10.6. The summed E-state index contributed by atoms with van der Waals surface area (Å²) in [5, 5.41) is 0.820. The normalized spacial score (nSPS) is 31.7. The molecule has 0 saturated heterocycles. The second kappa shape index (κ2) is 2.69. The summed E-state index contributed by atoms with van der Waals surface area (Å²) >= 11 is 7.87. The van der Waals surface area contributed by atoms with Gasteiger partial charge in [-0.2, -0.15) is 0 Å². The van der Waals surface area contributed by atoms with Gasteiger partial charge < -0.3 is 0 Å². The van der Waals surface area contributed by atoms with Gasteiger partial charge in [0.05, 0.1) is 0 Å². The highest BCUT2D eigenvalue weighted by atomic mass is 127. The fourth-order valence-corrected chi connectivity index (χ4v) is 5.85. The monoisotopic (exact) mass is 248 g/mol. The number of hydrogen-bond acceptors (Lipinski definition) is 1. The third kappa shape index (κ3) is 1.90. The molecule has 0 bridgehead atoms. The second-order valence-corrected chi connectivity index (χ2v) is 7.58. The van der Waals surface area contributed by atoms with Gasteiger partial charge in [-0.3, -0.25) is 0 Å². The molecule has 0 aromatic heterocycles. The maximum Gasteiger partial charge on any atom is 0.102 e. The van der Waals surface area contributed by atoms with E-state index in [0.29, 0.717) is 0 Å². The van der Waals surface area contributed by atoms with Crippen molar-refractivity contribution in [1.82, 2.24) is 0 Å². The summed E-state index contributed by atoms with van der Waals surface area (Å²) in [7, 11) is 0. The molecule has 0 amide bonds. The summed E-state index contributed by atoms with van der Waals surface area (Å²) in [6.45, 7) is 2.24. The Morgan fingerprint density at radius 2 is 2.71 bits per heavy atom. The van der Waals surface area contributed by atoms with E-state index >= 15 is 0 Å². The minimum atomic E-state index is 0.284. The molecule has 1 unspecified atom stereocenters. The van der Waals surface area contributed by atoms with Gasteiger partial charge in [0, 0.05) is 9.68 Å². The van der Waals surface area contributed by atoms with Gasteiger partial charge in [0.25, 0.3) is 0 Å². The molecule has 0 aliphatic carbocycles. The zero-order valence-electron chi connectivity index (χ0n) is 3.95. The molecule has 0 saturated carbocycles. The highest BCUT2D eigenvalue weighted by Gasteiger charge is 2.10. The molecule has 1 atom stereocenters. The minimum absolute atomic E-state index is 0.284. The maximum absolute atomic E-state index is 5.74. The molecule has 0 aromatic rings. The zero-order chi connectivity index (χ0) is 5.28. The Labute approximate surface area is 62.8 Å². The first-order valence-corrected chi connectivity index (χ1v) is 5.93. The van der Waals surface area contributed by atoms with Crippen LogP contribution >= 0.6 is 44.1 Å². The van der Waals surface area contributed by atoms with Gasteiger partial charge >= 0.3 is 0 Å². The Morgan fingerprint density at radius 1 is 2.00 bits per heavy atom. The number of halogens is 2. The van der Waals surface area contributed by atoms with Crippen LogP contribution in [0.4, 0.5) is 0 Å². The van der Waals surface area contributed by atoms with Crippen LogP contribution in [-0.4, -0.2) is 12.0 Å². The van der Waals surface area contributed by atoms with Gasteiger partial charge in [0.15, 0.2) is 0 Å². The Balaban J connectivity index is 2.42. The Hall–Kier alpha value is 1.24. The van der Waals surface area contributed by atoms with E-state index in [0.717, 1.165) is 5.25 Å². The van der Waals surface area contributed by atoms with Gasteiger partial charge in [-0.1, -0.05) is 39.3 Å². The van der Waals surface area contributed by atoms with Crippen LogP contribution in [0.1, 0.15) is 6.92 Å². The molecule has 0 aromatic carbocycles. The molecule has 1 aliphatic heterocycles. The molecule has 0 spiro atoms. The highest BCUT2D eigenvalue weighted by molar-refractivity contribution is 14.2. The van der Waals surface area contributed by atoms with Crippen LogP contribution in [0, 0.1) is 0 Å². The van der Waals surface area contributed by atoms with Gasteiger partial charge in [0.2, 0.25) is 0 Å². The van der Waals surface area contributed by atoms with Crippen molar-refractivity contribution < 1.29 is 0 Å². The summed E-state index contributed by atoms with van der Waals surface area (Å²) < 4.78 is 2.58. The lowest BCUT2D eigenvalue weighted by Crippen LogP contribution is -1.90. The van der Waals surface area contributed by atoms with Gasteiger partial charge in [0.1, 0.15) is 2.30 Å². The van der Waals surface area contributed by atoms with Crippen LogP contribution in [0.15, 0.2) is 0 Å². The Kier molecular flexibility index (Phi) is 2.44. The van der Waals surface area contributed by atoms with Gasteiger partial charge in [-0.25, -0.2) is 0 Å². The van der Waals surface area contributed by atoms with E-state index in [1.54, 1.807) is 0 Å². The van der Waals surface area contributed by atoms with E-state index in [4.69, 9.17) is 11.6 Å². The van der Waals surface area contributed by atoms with Crippen LogP contribution < -0.4 is 0 Å². The van der Waals surface area contributed by atoms with Crippen molar-refractivity contribution in [3.05, 3.63) is 0 Å². The fourth-order valence-electron chi connectivity index (χ4n) is 0.384. The number of rotatable bonds is 0. The molecule has 1 aliphatic rings. The summed E-state index contributed by atoms with van der Waals surface area (Å²) in [4.78, 5) is 0. The largest absolute Gasteiger partial charge is 0.104 e. The fraction of sp³-hybridized carbons (Fsp3) is 0.750. The van der Waals surface area contributed by atoms with Crippen LogP contribution in [0.25, 0.3) is 0 Å². The van der Waals surface area contributed by atoms with E-state index in [2.05, 4.69) is 6.92 Å². The Bertz CT molecular complexity index is 102. The van der Waals surface area contributed by atoms with Crippen LogP contribution in [0.5, 0.6) is 0 Å². The third-order valence-electron chi connectivity index (χ3n) is 0.690. The molecular formula is C4H6ClIS. The second-order valence-electron chi connectivity index (χ2n) is 1.44. The predicted molar refractivity (Wildman–Crippen MR) is 46.8 cm³/mol. The quantitative estimate of drug-likeness (QED) is 0.469. The first-order valence-electron chi connectivity index (χ1n) is 2.07. The van der Waals surface area contributed by atoms with Crippen molar-refractivity contribution in [2.45, 2.75) is 12.2 Å². The van der Waals surface area contributed by atoms with Crippen LogP contribution in [0.2, 0.25) is 0 Å². The molecular weight excluding hydrogens is 242 g/mol. The molecule has 0 fully saturated rings. The van der Waals surface area contributed by atoms with E-state index in [-0.39, 0.29) is 20.7 Å². The standard InChI is InChI=1S/C4H6ClIS/c1-3-2-6-4(5)7-3/h3H,2H2,1H3. The molecule has 1 heterocycles. The lowest BCUT2D eigenvalue weighted by molar-refractivity contribution is 1.16. The van der Waals surface area contributed by atoms with Crippen molar-refractivity contribution in [1.29, 1.82) is 0 Å². The maximum atomic E-state index is 5.74. The number of thioether (sulfide) groups is 1. The van der Waals surface area contributed by atoms with Crippen molar-refractivity contribution in [3.8, 4) is 0 Å². The summed E-state index contributed by atoms with van der Waals surface area (Å²) in [5.74, 6) is 0. The highest BCUT2D eigenvalue weighted by Crippen LogP contribution is 2.31. The van der Waals surface area contributed by atoms with Crippen molar-refractivity contribution in [2.24, 2.45) is 0 Å². The molecule has 1 rings (SSSR count). The molecule has 3 heteroatoms. The molecule has 0 N–H and O–H groups in total. The number of alkyl halides is 1. The first-order chi connectivity index (χ1) is 3.29. The molecule has 0 radical (unpaired) electrons. The van der Waals surface area contributed by atoms with Crippen LogP contribution in [-0.2, 0) is 0 Å². The topological polar surface area (TPSA) is 0 Å². The predicted octanol–water partition coefficient (Wildman–Crippen LogP) is 2.42. The SMILES string of the molecule is CC1CI=C(Cl)S1. The summed E-state index contributed by atoms with van der Waals surface area (Å²) in [5.41, 5.74) is 0. The van der Waals surface area contributed by atoms with Crippen molar-refractivity contribution >= 4 is 46.4 Å². The number of hydrogen-bond donors (Lipinski definition) is 0. The molecule has 0 nitrogen and oxygen atoms in total. The average molecular weight is 249 g/mol. The van der Waals surface area contributed by atoms with E-state index in [9.17, 15) is 0 Å². The molecule has 42 valence electrons. The first kappa shape index (κ1) is 6.36. The van der Waals surface area contributed by atoms with Crippen molar-refractivity contribution in [2.75, 3.05) is 4.43 Å². The third-order valence-corrected chi connectivity index (χ3v) is 6.84. The smallest absolute Gasteiger partial charge is 0.102 e. The Morgan fingerprint density at radius 3 is 2.86 bits per heavy atom. The molecule has 7 heavy (non-hydrogen) atoms. The zero-order valence-corrected chi connectivity index (χ0v) is 7.68. The van der Waals surface area contributed by atoms with E-state index < -0.39 is 0 Å².